The molecule has 0 N–H and O–H groups in total. The lowest BCUT2D eigenvalue weighted by atomic mass is 9.96. The van der Waals surface area contributed by atoms with Crippen LogP contribution in [0.1, 0.15) is 32.4 Å². The third kappa shape index (κ3) is 2.04. The number of aryl methyl sites for hydroxylation is 1. The predicted octanol–water partition coefficient (Wildman–Crippen LogP) is 0.504. The Bertz CT molecular complexity index is 482. The van der Waals surface area contributed by atoms with Gasteiger partial charge in [0, 0.05) is 5.41 Å². The summed E-state index contributed by atoms with van der Waals surface area (Å²) in [6, 6.07) is 0. The van der Waals surface area contributed by atoms with Crippen LogP contribution in [0.15, 0.2) is 0 Å². The summed E-state index contributed by atoms with van der Waals surface area (Å²) in [5.41, 5.74) is -0.131. The Kier molecular flexibility index (Phi) is 2.15. The van der Waals surface area contributed by atoms with Crippen LogP contribution in [0, 0.1) is 0 Å². The van der Waals surface area contributed by atoms with E-state index < -0.39 is 9.84 Å². The largest absolute Gasteiger partial charge is 0.248 e. The molecule has 0 spiro atoms. The topological polar surface area (TPSA) is 64.8 Å². The quantitative estimate of drug-likeness (QED) is 0.650. The number of hydrogen-bond acceptors (Lipinski definition) is 4. The summed E-state index contributed by atoms with van der Waals surface area (Å²) in [7, 11) is -2.95. The van der Waals surface area contributed by atoms with Gasteiger partial charge in [-0.15, -0.1) is 0 Å². The minimum atomic E-state index is -2.95. The van der Waals surface area contributed by atoms with Crippen LogP contribution >= 0.6 is 0 Å². The normalized spacial score (nSPS) is 19.9. The molecule has 0 saturated heterocycles. The molecule has 5 nitrogen and oxygen atoms in total. The van der Waals surface area contributed by atoms with E-state index in [2.05, 4.69) is 10.1 Å². The number of fused-ring (bicyclic) bond motifs is 1. The van der Waals surface area contributed by atoms with E-state index in [9.17, 15) is 8.42 Å². The number of nitrogens with zero attached hydrogens (tertiary/aromatic N) is 3. The molecule has 1 aromatic rings. The van der Waals surface area contributed by atoms with Crippen LogP contribution in [0.4, 0.5) is 0 Å². The zero-order valence-electron chi connectivity index (χ0n) is 9.19. The standard InChI is InChI=1S/C9H15N3O2S/c1-9(2,3)8-10-7-6-15(13,14)5-4-12(7)11-8/h4-6H2,1-3H3. The Morgan fingerprint density at radius 3 is 2.60 bits per heavy atom. The van der Waals surface area contributed by atoms with Crippen LogP contribution in [0.5, 0.6) is 0 Å². The Hall–Kier alpha value is -0.910. The Morgan fingerprint density at radius 1 is 1.33 bits per heavy atom. The van der Waals surface area contributed by atoms with Gasteiger partial charge in [-0.2, -0.15) is 5.10 Å². The van der Waals surface area contributed by atoms with Crippen LogP contribution in [0.3, 0.4) is 0 Å². The third-order valence-electron chi connectivity index (χ3n) is 2.38. The van der Waals surface area contributed by atoms with Crippen molar-refractivity contribution in [2.45, 2.75) is 38.5 Å². The van der Waals surface area contributed by atoms with Crippen molar-refractivity contribution < 1.29 is 8.42 Å². The molecule has 15 heavy (non-hydrogen) atoms. The van der Waals surface area contributed by atoms with Crippen LogP contribution in [0.25, 0.3) is 0 Å². The summed E-state index contributed by atoms with van der Waals surface area (Å²) in [5, 5.41) is 4.33. The third-order valence-corrected chi connectivity index (χ3v) is 3.88. The predicted molar refractivity (Wildman–Crippen MR) is 56.2 cm³/mol. The molecule has 6 heteroatoms. The minimum Gasteiger partial charge on any atom is -0.248 e. The number of sulfone groups is 1. The second-order valence-corrected chi connectivity index (χ2v) is 7.10. The Labute approximate surface area is 89.4 Å². The zero-order chi connectivity index (χ0) is 11.3. The van der Waals surface area contributed by atoms with E-state index in [1.54, 1.807) is 4.68 Å². The van der Waals surface area contributed by atoms with Gasteiger partial charge in [0.1, 0.15) is 11.6 Å². The smallest absolute Gasteiger partial charge is 0.159 e. The maximum atomic E-state index is 11.4. The van der Waals surface area contributed by atoms with Gasteiger partial charge in [-0.05, 0) is 0 Å². The van der Waals surface area contributed by atoms with E-state index in [0.717, 1.165) is 5.82 Å². The number of rotatable bonds is 0. The van der Waals surface area contributed by atoms with E-state index >= 15 is 0 Å². The average molecular weight is 229 g/mol. The fourth-order valence-corrected chi connectivity index (χ4v) is 2.67. The van der Waals surface area contributed by atoms with Gasteiger partial charge in [-0.25, -0.2) is 18.1 Å². The molecular weight excluding hydrogens is 214 g/mol. The molecule has 0 aromatic carbocycles. The van der Waals surface area contributed by atoms with Gasteiger partial charge in [0.05, 0.1) is 12.3 Å². The lowest BCUT2D eigenvalue weighted by Gasteiger charge is -2.12. The van der Waals surface area contributed by atoms with Crippen molar-refractivity contribution in [3.8, 4) is 0 Å². The van der Waals surface area contributed by atoms with E-state index in [1.165, 1.54) is 0 Å². The molecule has 0 unspecified atom stereocenters. The first-order chi connectivity index (χ1) is 6.78. The lowest BCUT2D eigenvalue weighted by Crippen LogP contribution is -2.24. The molecule has 0 bridgehead atoms. The molecule has 0 aliphatic carbocycles. The maximum absolute atomic E-state index is 11.4. The summed E-state index contributed by atoms with van der Waals surface area (Å²) in [4.78, 5) is 4.29. The van der Waals surface area contributed by atoms with Crippen molar-refractivity contribution in [2.75, 3.05) is 5.75 Å². The van der Waals surface area contributed by atoms with Gasteiger partial charge in [0.15, 0.2) is 15.7 Å². The van der Waals surface area contributed by atoms with Gasteiger partial charge >= 0.3 is 0 Å². The minimum absolute atomic E-state index is 0.0239. The highest BCUT2D eigenvalue weighted by Gasteiger charge is 2.27. The molecular formula is C9H15N3O2S. The van der Waals surface area contributed by atoms with E-state index in [1.807, 2.05) is 20.8 Å². The first-order valence-corrected chi connectivity index (χ1v) is 6.75. The molecule has 2 heterocycles. The van der Waals surface area contributed by atoms with Gasteiger partial charge in [-0.3, -0.25) is 0 Å². The van der Waals surface area contributed by atoms with E-state index in [-0.39, 0.29) is 16.9 Å². The molecule has 1 aliphatic heterocycles. The van der Waals surface area contributed by atoms with Crippen molar-refractivity contribution in [1.82, 2.24) is 14.8 Å². The summed E-state index contributed by atoms with van der Waals surface area (Å²) >= 11 is 0. The van der Waals surface area contributed by atoms with Gasteiger partial charge in [-0.1, -0.05) is 20.8 Å². The Morgan fingerprint density at radius 2 is 2.00 bits per heavy atom. The van der Waals surface area contributed by atoms with Gasteiger partial charge in [0.25, 0.3) is 0 Å². The number of aromatic nitrogens is 3. The monoisotopic (exact) mass is 229 g/mol. The fourth-order valence-electron chi connectivity index (χ4n) is 1.47. The summed E-state index contributed by atoms with van der Waals surface area (Å²) in [6.07, 6.45) is 0. The molecule has 0 radical (unpaired) electrons. The summed E-state index contributed by atoms with van der Waals surface area (Å²) in [6.45, 7) is 6.48. The summed E-state index contributed by atoms with van der Waals surface area (Å²) in [5.74, 6) is 1.49. The SMILES string of the molecule is CC(C)(C)c1nc2n(n1)CCS(=O)(=O)C2. The van der Waals surface area contributed by atoms with Crippen LogP contribution in [-0.4, -0.2) is 28.9 Å². The van der Waals surface area contributed by atoms with E-state index in [0.29, 0.717) is 12.4 Å². The molecule has 0 atom stereocenters. The molecule has 2 rings (SSSR count). The molecule has 1 aromatic heterocycles. The second-order valence-electron chi connectivity index (χ2n) is 4.92. The molecule has 1 aliphatic rings. The lowest BCUT2D eigenvalue weighted by molar-refractivity contribution is 0.522. The van der Waals surface area contributed by atoms with Crippen LogP contribution in [-0.2, 0) is 27.5 Å². The Balaban J connectivity index is 2.42. The average Bonchev–Trinajstić information content (AvgIpc) is 2.43. The van der Waals surface area contributed by atoms with Gasteiger partial charge < -0.3 is 0 Å². The molecule has 0 saturated carbocycles. The highest BCUT2D eigenvalue weighted by Crippen LogP contribution is 2.21. The van der Waals surface area contributed by atoms with Crippen molar-refractivity contribution >= 4 is 9.84 Å². The second kappa shape index (κ2) is 3.04. The first kappa shape index (κ1) is 10.6. The van der Waals surface area contributed by atoms with Crippen molar-refractivity contribution in [3.63, 3.8) is 0 Å². The fraction of sp³-hybridized carbons (Fsp3) is 0.778. The zero-order valence-corrected chi connectivity index (χ0v) is 10.0. The van der Waals surface area contributed by atoms with Crippen molar-refractivity contribution in [1.29, 1.82) is 0 Å². The highest BCUT2D eigenvalue weighted by atomic mass is 32.2. The number of hydrogen-bond donors (Lipinski definition) is 0. The van der Waals surface area contributed by atoms with Crippen LogP contribution < -0.4 is 0 Å². The van der Waals surface area contributed by atoms with Crippen LogP contribution in [0.2, 0.25) is 0 Å². The molecule has 84 valence electrons. The molecule has 0 amide bonds. The van der Waals surface area contributed by atoms with Crippen molar-refractivity contribution in [3.05, 3.63) is 11.6 Å². The van der Waals surface area contributed by atoms with E-state index in [4.69, 9.17) is 0 Å². The summed E-state index contributed by atoms with van der Waals surface area (Å²) < 4.78 is 24.5. The van der Waals surface area contributed by atoms with Crippen molar-refractivity contribution in [2.24, 2.45) is 0 Å². The van der Waals surface area contributed by atoms with Gasteiger partial charge in [0.2, 0.25) is 0 Å². The highest BCUT2D eigenvalue weighted by molar-refractivity contribution is 7.90. The molecule has 0 fully saturated rings. The first-order valence-electron chi connectivity index (χ1n) is 4.92. The maximum Gasteiger partial charge on any atom is 0.159 e.